The van der Waals surface area contributed by atoms with Crippen LogP contribution >= 0.6 is 11.3 Å². The van der Waals surface area contributed by atoms with Crippen molar-refractivity contribution in [2.75, 3.05) is 6.54 Å². The monoisotopic (exact) mass is 427 g/mol. The van der Waals surface area contributed by atoms with Crippen molar-refractivity contribution in [2.45, 2.75) is 58.0 Å². The van der Waals surface area contributed by atoms with Crippen molar-refractivity contribution in [3.63, 3.8) is 0 Å². The average Bonchev–Trinajstić information content (AvgIpc) is 3.20. The van der Waals surface area contributed by atoms with Crippen molar-refractivity contribution in [3.8, 4) is 0 Å². The predicted molar refractivity (Wildman–Crippen MR) is 114 cm³/mol. The maximum absolute atomic E-state index is 13.1. The van der Waals surface area contributed by atoms with E-state index >= 15 is 0 Å². The fraction of sp³-hybridized carbons (Fsp3) is 0.455. The van der Waals surface area contributed by atoms with Crippen LogP contribution in [0.2, 0.25) is 0 Å². The Labute approximate surface area is 178 Å². The number of nitrogens with zero attached hydrogens (tertiary/aromatic N) is 1. The lowest BCUT2D eigenvalue weighted by atomic mass is 9.93. The number of carbonyl (C=O) groups is 3. The first-order chi connectivity index (χ1) is 14.5. The Kier molecular flexibility index (Phi) is 5.85. The molecule has 1 aliphatic carbocycles. The summed E-state index contributed by atoms with van der Waals surface area (Å²) in [5.41, 5.74) is 1.52. The van der Waals surface area contributed by atoms with Gasteiger partial charge in [-0.05, 0) is 48.8 Å². The van der Waals surface area contributed by atoms with E-state index in [1.165, 1.54) is 10.9 Å². The van der Waals surface area contributed by atoms with Crippen LogP contribution in [0.1, 0.15) is 69.5 Å². The minimum absolute atomic E-state index is 0.0670. The maximum Gasteiger partial charge on any atom is 0.261 e. The highest BCUT2D eigenvalue weighted by atomic mass is 32.1. The summed E-state index contributed by atoms with van der Waals surface area (Å²) in [5.74, 6) is -0.812. The molecule has 3 heterocycles. The van der Waals surface area contributed by atoms with Crippen molar-refractivity contribution in [2.24, 2.45) is 0 Å². The van der Waals surface area contributed by atoms with Gasteiger partial charge in [0.2, 0.25) is 5.91 Å². The number of hydrogen-bond donors (Lipinski definition) is 2. The van der Waals surface area contributed by atoms with Crippen LogP contribution < -0.4 is 10.9 Å². The molecule has 2 aromatic rings. The number of aromatic nitrogens is 1. The van der Waals surface area contributed by atoms with Crippen molar-refractivity contribution in [3.05, 3.63) is 55.1 Å². The Morgan fingerprint density at radius 2 is 2.10 bits per heavy atom. The molecule has 158 valence electrons. The fourth-order valence-electron chi connectivity index (χ4n) is 4.18. The minimum Gasteiger partial charge on any atom is -0.340 e. The Morgan fingerprint density at radius 3 is 2.90 bits per heavy atom. The summed E-state index contributed by atoms with van der Waals surface area (Å²) >= 11 is 1.71. The van der Waals surface area contributed by atoms with Crippen LogP contribution in [0.5, 0.6) is 0 Å². The van der Waals surface area contributed by atoms with E-state index in [0.29, 0.717) is 56.5 Å². The molecule has 1 unspecified atom stereocenters. The van der Waals surface area contributed by atoms with Gasteiger partial charge in [0, 0.05) is 35.6 Å². The molecular weight excluding hydrogens is 402 g/mol. The molecule has 0 bridgehead atoms. The molecule has 2 aromatic heterocycles. The lowest BCUT2D eigenvalue weighted by molar-refractivity contribution is -0.134. The zero-order chi connectivity index (χ0) is 21.3. The number of aryl methyl sites for hydroxylation is 1. The molecular formula is C22H25N3O4S. The first-order valence-corrected chi connectivity index (χ1v) is 11.3. The van der Waals surface area contributed by atoms with E-state index in [2.05, 4.69) is 10.3 Å². The molecule has 1 aliphatic heterocycles. The quantitative estimate of drug-likeness (QED) is 0.766. The van der Waals surface area contributed by atoms with E-state index in [9.17, 15) is 19.2 Å². The molecule has 2 aliphatic rings. The number of amides is 2. The number of fused-ring (bicyclic) bond motifs is 2. The largest absolute Gasteiger partial charge is 0.340 e. The van der Waals surface area contributed by atoms with Gasteiger partial charge in [-0.25, -0.2) is 0 Å². The average molecular weight is 428 g/mol. The van der Waals surface area contributed by atoms with Crippen LogP contribution in [-0.4, -0.2) is 40.1 Å². The number of nitrogens with one attached hydrogen (secondary N) is 2. The summed E-state index contributed by atoms with van der Waals surface area (Å²) in [4.78, 5) is 56.4. The van der Waals surface area contributed by atoms with Gasteiger partial charge in [0.25, 0.3) is 11.5 Å². The second-order valence-electron chi connectivity index (χ2n) is 7.87. The smallest absolute Gasteiger partial charge is 0.261 e. The standard InChI is InChI=1S/C22H25N3O4S/c1-2-4-17(22(29)25-9-7-19-13(12-25)8-10-30-19)24-21(28)15-11-14-16(23-20(15)27)5-3-6-18(14)26/h8,10-11,17H,2-7,9,12H2,1H3,(H,23,27)(H,24,28). The highest BCUT2D eigenvalue weighted by Crippen LogP contribution is 2.25. The number of H-pyrrole nitrogens is 1. The SMILES string of the molecule is CCCC(NC(=O)c1cc2c([nH]c1=O)CCCC2=O)C(=O)N1CCc2sccc2C1. The Morgan fingerprint density at radius 1 is 1.27 bits per heavy atom. The van der Waals surface area contributed by atoms with Gasteiger partial charge in [0.1, 0.15) is 11.6 Å². The first-order valence-electron chi connectivity index (χ1n) is 10.4. The molecule has 0 saturated carbocycles. The third kappa shape index (κ3) is 3.96. The number of hydrogen-bond acceptors (Lipinski definition) is 5. The van der Waals surface area contributed by atoms with Crippen LogP contribution in [-0.2, 0) is 24.2 Å². The topological polar surface area (TPSA) is 99.3 Å². The number of carbonyl (C=O) groups excluding carboxylic acids is 3. The molecule has 1 atom stereocenters. The van der Waals surface area contributed by atoms with Crippen LogP contribution in [0.25, 0.3) is 0 Å². The van der Waals surface area contributed by atoms with Crippen molar-refractivity contribution in [1.29, 1.82) is 0 Å². The molecule has 2 N–H and O–H groups in total. The number of rotatable bonds is 5. The highest BCUT2D eigenvalue weighted by molar-refractivity contribution is 7.10. The van der Waals surface area contributed by atoms with E-state index in [-0.39, 0.29) is 17.3 Å². The summed E-state index contributed by atoms with van der Waals surface area (Å²) in [5, 5.41) is 4.79. The van der Waals surface area contributed by atoms with Crippen molar-refractivity contribution >= 4 is 28.9 Å². The second-order valence-corrected chi connectivity index (χ2v) is 8.88. The fourth-order valence-corrected chi connectivity index (χ4v) is 5.07. The zero-order valence-corrected chi connectivity index (χ0v) is 17.8. The zero-order valence-electron chi connectivity index (χ0n) is 17.0. The number of ketones is 1. The molecule has 8 heteroatoms. The van der Waals surface area contributed by atoms with Gasteiger partial charge in [-0.15, -0.1) is 11.3 Å². The number of aromatic amines is 1. The van der Waals surface area contributed by atoms with Gasteiger partial charge in [-0.3, -0.25) is 19.2 Å². The summed E-state index contributed by atoms with van der Waals surface area (Å²) < 4.78 is 0. The molecule has 0 spiro atoms. The van der Waals surface area contributed by atoms with Gasteiger partial charge in [-0.2, -0.15) is 0 Å². The third-order valence-electron chi connectivity index (χ3n) is 5.80. The third-order valence-corrected chi connectivity index (χ3v) is 6.82. The lowest BCUT2D eigenvalue weighted by Gasteiger charge is -2.31. The first kappa shape index (κ1) is 20.5. The molecule has 7 nitrogen and oxygen atoms in total. The van der Waals surface area contributed by atoms with E-state index < -0.39 is 17.5 Å². The molecule has 0 aromatic carbocycles. The number of Topliss-reactive ketones (excluding diaryl/α,β-unsaturated/α-hetero) is 1. The minimum atomic E-state index is -0.700. The lowest BCUT2D eigenvalue weighted by Crippen LogP contribution is -2.50. The van der Waals surface area contributed by atoms with E-state index in [0.717, 1.165) is 12.0 Å². The molecule has 0 radical (unpaired) electrons. The summed E-state index contributed by atoms with van der Waals surface area (Å²) in [6.07, 6.45) is 3.75. The van der Waals surface area contributed by atoms with Crippen molar-refractivity contribution in [1.82, 2.24) is 15.2 Å². The van der Waals surface area contributed by atoms with Gasteiger partial charge in [0.05, 0.1) is 0 Å². The number of thiophene rings is 1. The van der Waals surface area contributed by atoms with Crippen LogP contribution in [0.3, 0.4) is 0 Å². The van der Waals surface area contributed by atoms with Gasteiger partial charge >= 0.3 is 0 Å². The molecule has 0 fully saturated rings. The van der Waals surface area contributed by atoms with E-state index in [4.69, 9.17) is 0 Å². The molecule has 2 amide bonds. The van der Waals surface area contributed by atoms with Gasteiger partial charge < -0.3 is 15.2 Å². The van der Waals surface area contributed by atoms with Gasteiger partial charge in [0.15, 0.2) is 5.78 Å². The Bertz CT molecular complexity index is 1050. The summed E-state index contributed by atoms with van der Waals surface area (Å²) in [6.45, 7) is 3.11. The van der Waals surface area contributed by atoms with Gasteiger partial charge in [-0.1, -0.05) is 13.3 Å². The highest BCUT2D eigenvalue weighted by Gasteiger charge is 2.30. The molecule has 0 saturated heterocycles. The predicted octanol–water partition coefficient (Wildman–Crippen LogP) is 2.44. The van der Waals surface area contributed by atoms with E-state index in [1.807, 2.05) is 18.4 Å². The molecule has 30 heavy (non-hydrogen) atoms. The van der Waals surface area contributed by atoms with E-state index in [1.54, 1.807) is 16.2 Å². The summed E-state index contributed by atoms with van der Waals surface area (Å²) in [7, 11) is 0. The maximum atomic E-state index is 13.1. The number of pyridine rings is 1. The normalized spacial score (nSPS) is 16.6. The Balaban J connectivity index is 1.53. The molecule has 4 rings (SSSR count). The Hall–Kier alpha value is -2.74. The van der Waals surface area contributed by atoms with Crippen LogP contribution in [0, 0.1) is 0 Å². The van der Waals surface area contributed by atoms with Crippen molar-refractivity contribution < 1.29 is 14.4 Å². The second kappa shape index (κ2) is 8.55. The van der Waals surface area contributed by atoms with Crippen LogP contribution in [0.4, 0.5) is 0 Å². The summed E-state index contributed by atoms with van der Waals surface area (Å²) in [6, 6.07) is 2.72. The van der Waals surface area contributed by atoms with Crippen LogP contribution in [0.15, 0.2) is 22.3 Å².